The molecule has 0 bridgehead atoms. The van der Waals surface area contributed by atoms with Crippen molar-refractivity contribution in [2.45, 2.75) is 69.3 Å². The van der Waals surface area contributed by atoms with Crippen LogP contribution in [0, 0.1) is 0 Å². The number of amides is 5. The molecule has 0 aromatic heterocycles. The van der Waals surface area contributed by atoms with Crippen molar-refractivity contribution in [1.82, 2.24) is 16.0 Å². The number of carboxylic acids is 2. The summed E-state index contributed by atoms with van der Waals surface area (Å²) in [5.74, 6) is -8.00. The summed E-state index contributed by atoms with van der Waals surface area (Å²) in [6.07, 6.45) is -3.78. The molecule has 0 fully saturated rings. The van der Waals surface area contributed by atoms with Gasteiger partial charge >= 0.3 is 11.9 Å². The molecule has 0 rings (SSSR count). The number of aliphatic hydroxyl groups is 1. The lowest BCUT2D eigenvalue weighted by molar-refractivity contribution is -0.144. The molecule has 12 N–H and O–H groups in total. The number of carbonyl (C=O) groups excluding carboxylic acids is 5. The molecule has 192 valence electrons. The summed E-state index contributed by atoms with van der Waals surface area (Å²) < 4.78 is 0. The number of carboxylic acid groups (broad SMARTS) is 2. The third kappa shape index (κ3) is 11.7. The summed E-state index contributed by atoms with van der Waals surface area (Å²) in [5, 5.41) is 33.9. The summed E-state index contributed by atoms with van der Waals surface area (Å²) in [6.45, 7) is 1.22. The molecule has 5 atom stereocenters. The van der Waals surface area contributed by atoms with Gasteiger partial charge in [0.2, 0.25) is 29.5 Å². The average molecular weight is 490 g/mol. The molecule has 0 saturated carbocycles. The van der Waals surface area contributed by atoms with E-state index in [9.17, 15) is 43.8 Å². The molecule has 5 unspecified atom stereocenters. The quantitative estimate of drug-likeness (QED) is 0.0988. The van der Waals surface area contributed by atoms with E-state index in [1.54, 1.807) is 0 Å². The number of nitrogens with one attached hydrogen (secondary N) is 3. The number of rotatable bonds is 16. The Morgan fingerprint density at radius 1 is 0.735 bits per heavy atom. The molecule has 0 saturated heterocycles. The van der Waals surface area contributed by atoms with Crippen molar-refractivity contribution in [2.24, 2.45) is 17.2 Å². The fourth-order valence-corrected chi connectivity index (χ4v) is 2.51. The number of hydrogen-bond donors (Lipinski definition) is 9. The Balaban J connectivity index is 5.59. The van der Waals surface area contributed by atoms with E-state index < -0.39 is 91.0 Å². The standard InChI is InChI=1S/C18H30N6O10/c1-7(25)14(21)17(32)22-8(2-4-11(19)26)15(30)24-10(6-13(28)29)16(31)23-9(18(33)34)3-5-12(20)27/h7-10,14,25H,2-6,21H2,1H3,(H2,19,26)(H2,20,27)(H,22,32)(H,23,31)(H,24,30)(H,28,29)(H,33,34). The third-order valence-corrected chi connectivity index (χ3v) is 4.44. The highest BCUT2D eigenvalue weighted by Crippen LogP contribution is 2.04. The van der Waals surface area contributed by atoms with Gasteiger partial charge < -0.3 is 48.5 Å². The molecule has 34 heavy (non-hydrogen) atoms. The van der Waals surface area contributed by atoms with Gasteiger partial charge in [-0.1, -0.05) is 0 Å². The molecule has 0 heterocycles. The normalized spacial score (nSPS) is 15.0. The van der Waals surface area contributed by atoms with Gasteiger partial charge in [-0.2, -0.15) is 0 Å². The average Bonchev–Trinajstić information content (AvgIpc) is 2.71. The minimum absolute atomic E-state index is 0.350. The SMILES string of the molecule is CC(O)C(N)C(=O)NC(CCC(N)=O)C(=O)NC(CC(=O)O)C(=O)NC(CCC(N)=O)C(=O)O. The maximum absolute atomic E-state index is 12.7. The second-order valence-corrected chi connectivity index (χ2v) is 7.40. The van der Waals surface area contributed by atoms with Crippen LogP contribution in [-0.2, 0) is 33.6 Å². The number of aliphatic hydroxyl groups excluding tert-OH is 1. The van der Waals surface area contributed by atoms with Crippen LogP contribution in [0.4, 0.5) is 0 Å². The Bertz CT molecular complexity index is 802. The zero-order chi connectivity index (χ0) is 26.6. The van der Waals surface area contributed by atoms with Crippen LogP contribution in [0.2, 0.25) is 0 Å². The van der Waals surface area contributed by atoms with Crippen molar-refractivity contribution in [1.29, 1.82) is 0 Å². The largest absolute Gasteiger partial charge is 0.481 e. The number of hydrogen-bond acceptors (Lipinski definition) is 9. The Hall–Kier alpha value is -3.79. The Morgan fingerprint density at radius 2 is 1.15 bits per heavy atom. The van der Waals surface area contributed by atoms with Gasteiger partial charge in [0.05, 0.1) is 12.5 Å². The first-order valence-corrected chi connectivity index (χ1v) is 10.0. The van der Waals surface area contributed by atoms with Gasteiger partial charge in [-0.3, -0.25) is 28.8 Å². The summed E-state index contributed by atoms with van der Waals surface area (Å²) in [4.78, 5) is 81.8. The van der Waals surface area contributed by atoms with E-state index >= 15 is 0 Å². The lowest BCUT2D eigenvalue weighted by atomic mass is 10.1. The lowest BCUT2D eigenvalue weighted by Gasteiger charge is -2.24. The van der Waals surface area contributed by atoms with Crippen LogP contribution >= 0.6 is 0 Å². The highest BCUT2D eigenvalue weighted by Gasteiger charge is 2.32. The van der Waals surface area contributed by atoms with Crippen molar-refractivity contribution >= 4 is 41.5 Å². The molecular weight excluding hydrogens is 460 g/mol. The van der Waals surface area contributed by atoms with Gasteiger partial charge in [-0.15, -0.1) is 0 Å². The Morgan fingerprint density at radius 3 is 1.56 bits per heavy atom. The number of aliphatic carboxylic acids is 2. The molecule has 0 aromatic rings. The summed E-state index contributed by atoms with van der Waals surface area (Å²) in [7, 11) is 0. The monoisotopic (exact) mass is 490 g/mol. The molecule has 16 nitrogen and oxygen atoms in total. The Kier molecular flexibility index (Phi) is 12.8. The van der Waals surface area contributed by atoms with Crippen molar-refractivity contribution in [3.8, 4) is 0 Å². The van der Waals surface area contributed by atoms with Crippen LogP contribution in [0.1, 0.15) is 39.0 Å². The van der Waals surface area contributed by atoms with Crippen molar-refractivity contribution < 1.29 is 48.9 Å². The summed E-state index contributed by atoms with van der Waals surface area (Å²) in [5.41, 5.74) is 15.5. The first kappa shape index (κ1) is 30.2. The van der Waals surface area contributed by atoms with E-state index in [-0.39, 0.29) is 12.8 Å². The van der Waals surface area contributed by atoms with Crippen LogP contribution < -0.4 is 33.2 Å². The second-order valence-electron chi connectivity index (χ2n) is 7.40. The maximum Gasteiger partial charge on any atom is 0.326 e. The van der Waals surface area contributed by atoms with Crippen LogP contribution in [-0.4, -0.2) is 87.1 Å². The fourth-order valence-electron chi connectivity index (χ4n) is 2.51. The van der Waals surface area contributed by atoms with E-state index in [0.717, 1.165) is 0 Å². The minimum atomic E-state index is -1.79. The minimum Gasteiger partial charge on any atom is -0.481 e. The Labute approximate surface area is 193 Å². The van der Waals surface area contributed by atoms with Gasteiger partial charge in [0.15, 0.2) is 0 Å². The topological polar surface area (TPSA) is 294 Å². The molecule has 0 aromatic carbocycles. The van der Waals surface area contributed by atoms with Gasteiger partial charge in [0.1, 0.15) is 24.2 Å². The van der Waals surface area contributed by atoms with E-state index in [1.165, 1.54) is 6.92 Å². The highest BCUT2D eigenvalue weighted by atomic mass is 16.4. The third-order valence-electron chi connectivity index (χ3n) is 4.44. The van der Waals surface area contributed by atoms with Gasteiger partial charge in [0, 0.05) is 12.8 Å². The second kappa shape index (κ2) is 14.4. The van der Waals surface area contributed by atoms with Crippen LogP contribution in [0.15, 0.2) is 0 Å². The fraction of sp³-hybridized carbons (Fsp3) is 0.611. The summed E-state index contributed by atoms with van der Waals surface area (Å²) >= 11 is 0. The van der Waals surface area contributed by atoms with E-state index in [4.69, 9.17) is 22.3 Å². The lowest BCUT2D eigenvalue weighted by Crippen LogP contribution is -2.58. The molecular formula is C18H30N6O10. The maximum atomic E-state index is 12.7. The molecule has 0 aliphatic heterocycles. The molecule has 5 amide bonds. The number of nitrogens with two attached hydrogens (primary N) is 3. The number of carbonyl (C=O) groups is 7. The van der Waals surface area contributed by atoms with Crippen LogP contribution in [0.25, 0.3) is 0 Å². The van der Waals surface area contributed by atoms with Gasteiger partial charge in [-0.05, 0) is 19.8 Å². The number of primary amides is 2. The zero-order valence-corrected chi connectivity index (χ0v) is 18.4. The molecule has 0 spiro atoms. The van der Waals surface area contributed by atoms with Crippen molar-refractivity contribution in [2.75, 3.05) is 0 Å². The van der Waals surface area contributed by atoms with E-state index in [1.807, 2.05) is 5.32 Å². The van der Waals surface area contributed by atoms with Crippen molar-refractivity contribution in [3.05, 3.63) is 0 Å². The molecule has 16 heteroatoms. The zero-order valence-electron chi connectivity index (χ0n) is 18.4. The van der Waals surface area contributed by atoms with E-state index in [2.05, 4.69) is 10.6 Å². The highest BCUT2D eigenvalue weighted by molar-refractivity contribution is 5.96. The molecule has 0 aliphatic carbocycles. The van der Waals surface area contributed by atoms with Crippen LogP contribution in [0.5, 0.6) is 0 Å². The van der Waals surface area contributed by atoms with Crippen LogP contribution in [0.3, 0.4) is 0 Å². The summed E-state index contributed by atoms with van der Waals surface area (Å²) in [6, 6.07) is -6.34. The predicted molar refractivity (Wildman–Crippen MR) is 112 cm³/mol. The van der Waals surface area contributed by atoms with E-state index in [0.29, 0.717) is 0 Å². The first-order chi connectivity index (χ1) is 15.6. The first-order valence-electron chi connectivity index (χ1n) is 10.0. The smallest absolute Gasteiger partial charge is 0.326 e. The predicted octanol–water partition coefficient (Wildman–Crippen LogP) is -4.76. The molecule has 0 radical (unpaired) electrons. The molecule has 0 aliphatic rings. The van der Waals surface area contributed by atoms with Gasteiger partial charge in [-0.25, -0.2) is 4.79 Å². The van der Waals surface area contributed by atoms with Crippen molar-refractivity contribution in [3.63, 3.8) is 0 Å². The van der Waals surface area contributed by atoms with Gasteiger partial charge in [0.25, 0.3) is 0 Å².